The van der Waals surface area contributed by atoms with Gasteiger partial charge in [0.2, 0.25) is 0 Å². The van der Waals surface area contributed by atoms with Crippen molar-refractivity contribution in [2.75, 3.05) is 0 Å². The summed E-state index contributed by atoms with van der Waals surface area (Å²) in [6, 6.07) is 134. The lowest BCUT2D eigenvalue weighted by Crippen LogP contribution is -2.14. The van der Waals surface area contributed by atoms with Gasteiger partial charge in [-0.25, -0.2) is 24.9 Å². The minimum Gasteiger partial charge on any atom is -0.228 e. The first-order valence-corrected chi connectivity index (χ1v) is 37.9. The van der Waals surface area contributed by atoms with Crippen molar-refractivity contribution in [3.8, 4) is 168 Å². The number of fused-ring (bicyclic) bond motifs is 8. The fourth-order valence-corrected chi connectivity index (χ4v) is 17.2. The molecule has 0 saturated heterocycles. The molecule has 0 bridgehead atoms. The molecular formula is C105H73N5. The molecule has 0 fully saturated rings. The van der Waals surface area contributed by atoms with Crippen molar-refractivity contribution >= 4 is 21.5 Å². The first kappa shape index (κ1) is 65.6. The van der Waals surface area contributed by atoms with E-state index >= 15 is 0 Å². The SMILES string of the molecule is CC1(C)c2ccccc2-c2cc(-c3ccc4c(-c5cc(-c6ccc(-c7ccc(-c8cc(-c9ccccc9)cc(-c9nc(-c%10cccc(-c%11ccccc%11)c%10)nc(-c%10cccc%11c(-c%12ccc%13c(c%12)C(C)(C)c%12ccccc%12-%13)cccc%10%11)n9)c8)cc7)cc6)nc(-c6ccc(-c7ccccc7)cc6)n5)cccc4c3)ccc21. The molecular weight excluding hydrogens is 1330 g/mol. The Kier molecular flexibility index (Phi) is 15.8. The van der Waals surface area contributed by atoms with Crippen molar-refractivity contribution in [3.63, 3.8) is 0 Å². The van der Waals surface area contributed by atoms with Gasteiger partial charge in [-0.05, 0) is 192 Å². The van der Waals surface area contributed by atoms with Crippen LogP contribution in [0.1, 0.15) is 49.9 Å². The Morgan fingerprint density at radius 3 is 1.21 bits per heavy atom. The largest absolute Gasteiger partial charge is 0.228 e. The molecule has 0 aliphatic heterocycles. The predicted molar refractivity (Wildman–Crippen MR) is 456 cm³/mol. The van der Waals surface area contributed by atoms with Crippen LogP contribution in [0.3, 0.4) is 0 Å². The molecule has 0 radical (unpaired) electrons. The summed E-state index contributed by atoms with van der Waals surface area (Å²) in [5.74, 6) is 2.44. The van der Waals surface area contributed by atoms with Gasteiger partial charge >= 0.3 is 0 Å². The fourth-order valence-electron chi connectivity index (χ4n) is 17.2. The second kappa shape index (κ2) is 26.6. The Labute approximate surface area is 641 Å². The maximum absolute atomic E-state index is 5.54. The quantitative estimate of drug-likeness (QED) is 0.115. The Bertz CT molecular complexity index is 6660. The van der Waals surface area contributed by atoms with Gasteiger partial charge in [-0.2, -0.15) is 0 Å². The maximum atomic E-state index is 5.54. The van der Waals surface area contributed by atoms with Gasteiger partial charge in [-0.15, -0.1) is 0 Å². The van der Waals surface area contributed by atoms with Crippen LogP contribution in [-0.2, 0) is 10.8 Å². The van der Waals surface area contributed by atoms with E-state index in [2.05, 4.69) is 398 Å². The van der Waals surface area contributed by atoms with Crippen LogP contribution in [0.25, 0.3) is 190 Å². The van der Waals surface area contributed by atoms with Gasteiger partial charge in [0.05, 0.1) is 11.4 Å². The van der Waals surface area contributed by atoms with E-state index in [9.17, 15) is 0 Å². The van der Waals surface area contributed by atoms with Crippen molar-refractivity contribution in [2.45, 2.75) is 38.5 Å². The monoisotopic (exact) mass is 1400 g/mol. The predicted octanol–water partition coefficient (Wildman–Crippen LogP) is 27.3. The van der Waals surface area contributed by atoms with Crippen molar-refractivity contribution in [3.05, 3.63) is 392 Å². The number of nitrogens with zero attached hydrogens (tertiary/aromatic N) is 5. The van der Waals surface area contributed by atoms with E-state index in [4.69, 9.17) is 24.9 Å². The topological polar surface area (TPSA) is 64.5 Å². The third-order valence-corrected chi connectivity index (χ3v) is 23.0. The highest BCUT2D eigenvalue weighted by Gasteiger charge is 2.37. The molecule has 2 heterocycles. The zero-order valence-electron chi connectivity index (χ0n) is 61.5. The van der Waals surface area contributed by atoms with Gasteiger partial charge in [0.1, 0.15) is 0 Å². The van der Waals surface area contributed by atoms with Crippen LogP contribution in [0, 0.1) is 0 Å². The molecule has 0 spiro atoms. The average molecular weight is 1400 g/mol. The van der Waals surface area contributed by atoms with Crippen LogP contribution in [0.15, 0.2) is 370 Å². The third kappa shape index (κ3) is 11.6. The molecule has 0 atom stereocenters. The Balaban J connectivity index is 0.652. The number of hydrogen-bond acceptors (Lipinski definition) is 5. The zero-order valence-corrected chi connectivity index (χ0v) is 61.5. The number of benzene rings is 16. The molecule has 16 aromatic carbocycles. The number of hydrogen-bond donors (Lipinski definition) is 0. The summed E-state index contributed by atoms with van der Waals surface area (Å²) in [5.41, 5.74) is 33.6. The van der Waals surface area contributed by atoms with Crippen molar-refractivity contribution in [1.82, 2.24) is 24.9 Å². The highest BCUT2D eigenvalue weighted by molar-refractivity contribution is 6.05. The van der Waals surface area contributed by atoms with Crippen LogP contribution in [-0.4, -0.2) is 24.9 Å². The molecule has 20 rings (SSSR count). The summed E-state index contributed by atoms with van der Waals surface area (Å²) in [6.07, 6.45) is 0. The van der Waals surface area contributed by atoms with Crippen molar-refractivity contribution in [2.24, 2.45) is 0 Å². The summed E-state index contributed by atoms with van der Waals surface area (Å²) < 4.78 is 0. The molecule has 2 aliphatic carbocycles. The van der Waals surface area contributed by atoms with Gasteiger partial charge < -0.3 is 0 Å². The van der Waals surface area contributed by atoms with Gasteiger partial charge in [-0.3, -0.25) is 0 Å². The molecule has 0 unspecified atom stereocenters. The first-order chi connectivity index (χ1) is 54.0. The fraction of sp³-hybridized carbons (Fsp3) is 0.0571. The van der Waals surface area contributed by atoms with E-state index in [0.717, 1.165) is 128 Å². The highest BCUT2D eigenvalue weighted by Crippen LogP contribution is 2.52. The van der Waals surface area contributed by atoms with Crippen LogP contribution >= 0.6 is 0 Å². The van der Waals surface area contributed by atoms with Crippen molar-refractivity contribution in [1.29, 1.82) is 0 Å². The van der Waals surface area contributed by atoms with Gasteiger partial charge in [-0.1, -0.05) is 349 Å². The molecule has 0 N–H and O–H groups in total. The highest BCUT2D eigenvalue weighted by atomic mass is 15.0. The molecule has 2 aliphatic rings. The molecule has 0 saturated carbocycles. The van der Waals surface area contributed by atoms with Crippen LogP contribution in [0.4, 0.5) is 0 Å². The van der Waals surface area contributed by atoms with E-state index in [-0.39, 0.29) is 10.8 Å². The summed E-state index contributed by atoms with van der Waals surface area (Å²) >= 11 is 0. The number of rotatable bonds is 13. The van der Waals surface area contributed by atoms with E-state index in [1.807, 2.05) is 0 Å². The van der Waals surface area contributed by atoms with Crippen LogP contribution < -0.4 is 0 Å². The summed E-state index contributed by atoms with van der Waals surface area (Å²) in [4.78, 5) is 27.2. The second-order valence-electron chi connectivity index (χ2n) is 30.3. The number of aromatic nitrogens is 5. The molecule has 18 aromatic rings. The van der Waals surface area contributed by atoms with E-state index in [1.165, 1.54) is 61.2 Å². The molecule has 0 amide bonds. The van der Waals surface area contributed by atoms with Gasteiger partial charge in [0, 0.05) is 44.2 Å². The second-order valence-corrected chi connectivity index (χ2v) is 30.3. The lowest BCUT2D eigenvalue weighted by molar-refractivity contribution is 0.660. The minimum atomic E-state index is -0.134. The lowest BCUT2D eigenvalue weighted by Gasteiger charge is -2.22. The normalized spacial score (nSPS) is 12.9. The summed E-state index contributed by atoms with van der Waals surface area (Å²) in [7, 11) is 0. The summed E-state index contributed by atoms with van der Waals surface area (Å²) in [6.45, 7) is 9.36. The first-order valence-electron chi connectivity index (χ1n) is 37.9. The molecule has 110 heavy (non-hydrogen) atoms. The van der Waals surface area contributed by atoms with Crippen LogP contribution in [0.5, 0.6) is 0 Å². The van der Waals surface area contributed by atoms with Gasteiger partial charge in [0.15, 0.2) is 23.3 Å². The smallest absolute Gasteiger partial charge is 0.164 e. The average Bonchev–Trinajstić information content (AvgIpc) is 1.54. The Morgan fingerprint density at radius 2 is 0.545 bits per heavy atom. The molecule has 518 valence electrons. The van der Waals surface area contributed by atoms with E-state index in [0.29, 0.717) is 23.3 Å². The molecule has 5 heteroatoms. The maximum Gasteiger partial charge on any atom is 0.164 e. The van der Waals surface area contributed by atoms with Crippen LogP contribution in [0.2, 0.25) is 0 Å². The lowest BCUT2D eigenvalue weighted by atomic mass is 9.81. The third-order valence-electron chi connectivity index (χ3n) is 23.0. The van der Waals surface area contributed by atoms with Gasteiger partial charge in [0.25, 0.3) is 0 Å². The summed E-state index contributed by atoms with van der Waals surface area (Å²) in [5, 5.41) is 4.47. The standard InChI is InChI=1S/C105H73N5/c1-104(2)95-39-17-15-32-89(95)93-63-77(54-57-96(93)104)76-52-55-85-78(58-76)29-19-36-91(85)99-65-98(106-100(107-99)74-50-46-69(47-51-74)66-22-8-5-9-23-66)73-48-44-71(45-49-73)70-40-42-72(43-41-70)82-60-81(68-26-12-7-13-27-68)61-83(62-82)102-108-101(80-30-18-28-75(59-80)67-24-10-6-11-25-67)109-103(110-102)92-37-21-34-86-84(33-20-35-87(86)92)79-53-56-90-88-31-14-16-38-94(88)105(3,4)97(90)64-79/h5-65H,1-4H3. The molecule has 5 nitrogen and oxygen atoms in total. The van der Waals surface area contributed by atoms with E-state index < -0.39 is 0 Å². The van der Waals surface area contributed by atoms with E-state index in [1.54, 1.807) is 0 Å². The Hall–Kier alpha value is -13.9. The minimum absolute atomic E-state index is 0.0509. The zero-order chi connectivity index (χ0) is 73.6. The van der Waals surface area contributed by atoms with Crippen molar-refractivity contribution < 1.29 is 0 Å². The molecule has 2 aromatic heterocycles. The Morgan fingerprint density at radius 1 is 0.164 bits per heavy atom.